The fourth-order valence-corrected chi connectivity index (χ4v) is 2.46. The molecule has 0 radical (unpaired) electrons. The molecule has 0 spiro atoms. The highest BCUT2D eigenvalue weighted by atomic mass is 16.4. The zero-order valence-corrected chi connectivity index (χ0v) is 11.4. The quantitative estimate of drug-likeness (QED) is 0.766. The molecule has 4 heteroatoms. The maximum atomic E-state index is 11.7. The van der Waals surface area contributed by atoms with E-state index in [1.807, 2.05) is 0 Å². The summed E-state index contributed by atoms with van der Waals surface area (Å²) in [5.41, 5.74) is 0. The molecule has 0 aromatic heterocycles. The van der Waals surface area contributed by atoms with Gasteiger partial charge in [-0.15, -0.1) is 0 Å². The van der Waals surface area contributed by atoms with Crippen LogP contribution in [0.3, 0.4) is 0 Å². The molecule has 18 heavy (non-hydrogen) atoms. The summed E-state index contributed by atoms with van der Waals surface area (Å²) in [6.07, 6.45) is 5.59. The first-order valence-electron chi connectivity index (χ1n) is 7.01. The van der Waals surface area contributed by atoms with Crippen LogP contribution >= 0.6 is 0 Å². The number of hydrogen-bond donors (Lipinski definition) is 2. The first-order valence-corrected chi connectivity index (χ1v) is 7.01. The van der Waals surface area contributed by atoms with Crippen LogP contribution in [0, 0.1) is 11.8 Å². The predicted molar refractivity (Wildman–Crippen MR) is 70.2 cm³/mol. The van der Waals surface area contributed by atoms with Gasteiger partial charge in [0.15, 0.2) is 0 Å². The van der Waals surface area contributed by atoms with Gasteiger partial charge in [-0.3, -0.25) is 9.59 Å². The Balaban J connectivity index is 2.16. The van der Waals surface area contributed by atoms with Crippen molar-refractivity contribution in [1.29, 1.82) is 0 Å². The van der Waals surface area contributed by atoms with Crippen molar-refractivity contribution in [2.24, 2.45) is 11.8 Å². The molecule has 4 nitrogen and oxygen atoms in total. The number of carboxylic acid groups (broad SMARTS) is 1. The van der Waals surface area contributed by atoms with Crippen molar-refractivity contribution in [2.75, 3.05) is 0 Å². The lowest BCUT2D eigenvalue weighted by atomic mass is 9.86. The highest BCUT2D eigenvalue weighted by Crippen LogP contribution is 2.24. The van der Waals surface area contributed by atoms with E-state index in [1.54, 1.807) is 0 Å². The lowest BCUT2D eigenvalue weighted by Gasteiger charge is -2.26. The number of rotatable bonds is 6. The first-order chi connectivity index (χ1) is 8.49. The Kier molecular flexibility index (Phi) is 6.16. The number of carboxylic acids is 1. The number of carbonyl (C=O) groups is 2. The molecule has 0 aliphatic heterocycles. The summed E-state index contributed by atoms with van der Waals surface area (Å²) in [5.74, 6) is -0.144. The Morgan fingerprint density at radius 2 is 1.83 bits per heavy atom. The van der Waals surface area contributed by atoms with Crippen molar-refractivity contribution in [3.63, 3.8) is 0 Å². The van der Waals surface area contributed by atoms with Crippen LogP contribution in [0.5, 0.6) is 0 Å². The van der Waals surface area contributed by atoms with Crippen molar-refractivity contribution in [3.8, 4) is 0 Å². The van der Waals surface area contributed by atoms with Crippen LogP contribution in [-0.2, 0) is 9.59 Å². The number of amides is 1. The average molecular weight is 255 g/mol. The zero-order valence-electron chi connectivity index (χ0n) is 11.4. The van der Waals surface area contributed by atoms with Crippen molar-refractivity contribution < 1.29 is 14.7 Å². The molecule has 0 atom stereocenters. The van der Waals surface area contributed by atoms with Crippen LogP contribution in [0.4, 0.5) is 0 Å². The molecule has 1 amide bonds. The molecule has 104 valence electrons. The summed E-state index contributed by atoms with van der Waals surface area (Å²) in [5, 5.41) is 11.9. The van der Waals surface area contributed by atoms with E-state index in [1.165, 1.54) is 0 Å². The van der Waals surface area contributed by atoms with Crippen LogP contribution in [0.1, 0.15) is 58.8 Å². The fourth-order valence-electron chi connectivity index (χ4n) is 2.46. The summed E-state index contributed by atoms with van der Waals surface area (Å²) in [6, 6.07) is 0.187. The Morgan fingerprint density at radius 1 is 1.22 bits per heavy atom. The third-order valence-corrected chi connectivity index (χ3v) is 3.63. The van der Waals surface area contributed by atoms with Crippen molar-refractivity contribution in [3.05, 3.63) is 0 Å². The smallest absolute Gasteiger partial charge is 0.306 e. The van der Waals surface area contributed by atoms with Gasteiger partial charge < -0.3 is 10.4 Å². The average Bonchev–Trinajstić information content (AvgIpc) is 2.29. The van der Waals surface area contributed by atoms with Crippen molar-refractivity contribution in [1.82, 2.24) is 5.32 Å². The molecule has 1 saturated carbocycles. The van der Waals surface area contributed by atoms with E-state index in [2.05, 4.69) is 19.2 Å². The van der Waals surface area contributed by atoms with Crippen molar-refractivity contribution in [2.45, 2.75) is 64.8 Å². The molecule has 0 unspecified atom stereocenters. The molecule has 1 fully saturated rings. The largest absolute Gasteiger partial charge is 0.481 e. The summed E-state index contributed by atoms with van der Waals surface area (Å²) >= 11 is 0. The topological polar surface area (TPSA) is 66.4 Å². The van der Waals surface area contributed by atoms with E-state index in [0.717, 1.165) is 25.7 Å². The van der Waals surface area contributed by atoms with E-state index < -0.39 is 5.97 Å². The number of nitrogens with one attached hydrogen (secondary N) is 1. The number of aliphatic carboxylic acids is 1. The number of carbonyl (C=O) groups excluding carboxylic acids is 1. The molecule has 0 heterocycles. The van der Waals surface area contributed by atoms with Gasteiger partial charge in [-0.2, -0.15) is 0 Å². The Morgan fingerprint density at radius 3 is 2.33 bits per heavy atom. The van der Waals surface area contributed by atoms with Gasteiger partial charge in [0.2, 0.25) is 5.91 Å². The monoisotopic (exact) mass is 255 g/mol. The molecular weight excluding hydrogens is 230 g/mol. The van der Waals surface area contributed by atoms with Crippen LogP contribution in [0.2, 0.25) is 0 Å². The van der Waals surface area contributed by atoms with Crippen LogP contribution < -0.4 is 5.32 Å². The summed E-state index contributed by atoms with van der Waals surface area (Å²) in [7, 11) is 0. The van der Waals surface area contributed by atoms with E-state index in [4.69, 9.17) is 5.11 Å². The molecule has 1 aliphatic carbocycles. The van der Waals surface area contributed by atoms with Crippen LogP contribution in [0.25, 0.3) is 0 Å². The van der Waals surface area contributed by atoms with Gasteiger partial charge in [0, 0.05) is 12.5 Å². The van der Waals surface area contributed by atoms with E-state index in [-0.39, 0.29) is 17.9 Å². The second kappa shape index (κ2) is 7.39. The molecule has 2 N–H and O–H groups in total. The Hall–Kier alpha value is -1.06. The standard InChI is InChI=1S/C14H25NO3/c1-10(2)4-3-5-13(16)15-12-8-6-11(7-9-12)14(17)18/h10-12H,3-9H2,1-2H3,(H,15,16)(H,17,18). The first kappa shape index (κ1) is 15.0. The minimum Gasteiger partial charge on any atom is -0.481 e. The van der Waals surface area contributed by atoms with Gasteiger partial charge in [0.1, 0.15) is 0 Å². The predicted octanol–water partition coefficient (Wildman–Crippen LogP) is 2.57. The maximum absolute atomic E-state index is 11.7. The van der Waals surface area contributed by atoms with Gasteiger partial charge in [0.25, 0.3) is 0 Å². The minimum absolute atomic E-state index is 0.120. The third-order valence-electron chi connectivity index (χ3n) is 3.63. The Labute approximate surface area is 109 Å². The highest BCUT2D eigenvalue weighted by Gasteiger charge is 2.26. The molecule has 1 aliphatic rings. The minimum atomic E-state index is -0.697. The summed E-state index contributed by atoms with van der Waals surface area (Å²) in [4.78, 5) is 22.5. The molecule has 1 rings (SSSR count). The van der Waals surface area contributed by atoms with E-state index in [0.29, 0.717) is 25.2 Å². The maximum Gasteiger partial charge on any atom is 0.306 e. The molecule has 0 bridgehead atoms. The van der Waals surface area contributed by atoms with Crippen LogP contribution in [0.15, 0.2) is 0 Å². The molecule has 0 saturated heterocycles. The van der Waals surface area contributed by atoms with Gasteiger partial charge in [-0.25, -0.2) is 0 Å². The van der Waals surface area contributed by atoms with Gasteiger partial charge in [0.05, 0.1) is 5.92 Å². The van der Waals surface area contributed by atoms with Crippen molar-refractivity contribution >= 4 is 11.9 Å². The lowest BCUT2D eigenvalue weighted by Crippen LogP contribution is -2.38. The highest BCUT2D eigenvalue weighted by molar-refractivity contribution is 5.76. The van der Waals surface area contributed by atoms with Gasteiger partial charge in [-0.05, 0) is 38.0 Å². The van der Waals surface area contributed by atoms with Gasteiger partial charge >= 0.3 is 5.97 Å². The van der Waals surface area contributed by atoms with E-state index >= 15 is 0 Å². The number of hydrogen-bond acceptors (Lipinski definition) is 2. The summed E-state index contributed by atoms with van der Waals surface area (Å²) in [6.45, 7) is 4.32. The second-order valence-corrected chi connectivity index (χ2v) is 5.74. The molecule has 0 aromatic rings. The zero-order chi connectivity index (χ0) is 13.5. The molecule has 0 aromatic carbocycles. The lowest BCUT2D eigenvalue weighted by molar-refractivity contribution is -0.142. The van der Waals surface area contributed by atoms with Gasteiger partial charge in [-0.1, -0.05) is 20.3 Å². The summed E-state index contributed by atoms with van der Waals surface area (Å²) < 4.78 is 0. The second-order valence-electron chi connectivity index (χ2n) is 5.74. The molecular formula is C14H25NO3. The third kappa shape index (κ3) is 5.52. The normalized spacial score (nSPS) is 23.9. The van der Waals surface area contributed by atoms with Crippen LogP contribution in [-0.4, -0.2) is 23.0 Å². The van der Waals surface area contributed by atoms with E-state index in [9.17, 15) is 9.59 Å². The SMILES string of the molecule is CC(C)CCCC(=O)NC1CCC(C(=O)O)CC1. The fraction of sp³-hybridized carbons (Fsp3) is 0.857. The Bertz CT molecular complexity index is 281.